The zero-order valence-electron chi connectivity index (χ0n) is 19.3. The van der Waals surface area contributed by atoms with E-state index in [1.807, 2.05) is 6.92 Å². The summed E-state index contributed by atoms with van der Waals surface area (Å²) in [5.41, 5.74) is -0.449. The predicted octanol–water partition coefficient (Wildman–Crippen LogP) is 4.03. The molecule has 0 spiro atoms. The van der Waals surface area contributed by atoms with E-state index in [2.05, 4.69) is 5.10 Å². The van der Waals surface area contributed by atoms with Gasteiger partial charge in [-0.15, -0.1) is 0 Å². The van der Waals surface area contributed by atoms with Crippen molar-refractivity contribution in [3.05, 3.63) is 70.4 Å². The largest absolute Gasteiger partial charge is 0.416 e. The van der Waals surface area contributed by atoms with Crippen LogP contribution in [0.2, 0.25) is 0 Å². The van der Waals surface area contributed by atoms with Gasteiger partial charge in [0.15, 0.2) is 9.84 Å². The molecule has 13 heteroatoms. The number of aryl methyl sites for hydroxylation is 2. The second-order valence-electron chi connectivity index (χ2n) is 8.63. The maximum absolute atomic E-state index is 13.3. The van der Waals surface area contributed by atoms with Gasteiger partial charge in [-0.05, 0) is 67.1 Å². The summed E-state index contributed by atoms with van der Waals surface area (Å²) in [6, 6.07) is 6.20. The first kappa shape index (κ1) is 25.9. The first-order valence-electron chi connectivity index (χ1n) is 10.6. The van der Waals surface area contributed by atoms with Crippen molar-refractivity contribution in [2.24, 2.45) is 7.05 Å². The van der Waals surface area contributed by atoms with Gasteiger partial charge in [-0.2, -0.15) is 26.7 Å². The molecule has 3 aromatic rings. The second kappa shape index (κ2) is 8.73. The van der Waals surface area contributed by atoms with Gasteiger partial charge in [-0.25, -0.2) is 13.1 Å². The summed E-state index contributed by atoms with van der Waals surface area (Å²) in [7, 11) is -7.40. The topological polar surface area (TPSA) is 112 Å². The summed E-state index contributed by atoms with van der Waals surface area (Å²) < 4.78 is 96.2. The van der Waals surface area contributed by atoms with E-state index >= 15 is 0 Å². The molecular formula is C23H21F3N2O6S2. The molecule has 1 heterocycles. The van der Waals surface area contributed by atoms with E-state index in [0.717, 1.165) is 40.9 Å². The molecule has 0 N–H and O–H groups in total. The molecule has 36 heavy (non-hydrogen) atoms. The number of sulfone groups is 1. The number of halogens is 3. The van der Waals surface area contributed by atoms with Crippen molar-refractivity contribution in [1.29, 1.82) is 0 Å². The first-order chi connectivity index (χ1) is 16.6. The Morgan fingerprint density at radius 1 is 1.06 bits per heavy atom. The highest BCUT2D eigenvalue weighted by Gasteiger charge is 2.35. The lowest BCUT2D eigenvalue weighted by Crippen LogP contribution is -2.16. The Bertz CT molecular complexity index is 1590. The van der Waals surface area contributed by atoms with Crippen LogP contribution in [-0.4, -0.2) is 38.7 Å². The zero-order chi connectivity index (χ0) is 26.6. The highest BCUT2D eigenvalue weighted by atomic mass is 32.2. The van der Waals surface area contributed by atoms with Gasteiger partial charge in [0.05, 0.1) is 16.7 Å². The van der Waals surface area contributed by atoms with Gasteiger partial charge >= 0.3 is 16.3 Å². The highest BCUT2D eigenvalue weighted by molar-refractivity contribution is 7.90. The number of rotatable bonds is 7. The van der Waals surface area contributed by atoms with Gasteiger partial charge in [0, 0.05) is 18.9 Å². The molecule has 1 aliphatic rings. The fraction of sp³-hybridized carbons (Fsp3) is 0.304. The van der Waals surface area contributed by atoms with Crippen molar-refractivity contribution in [3.8, 4) is 5.88 Å². The fourth-order valence-electron chi connectivity index (χ4n) is 3.78. The van der Waals surface area contributed by atoms with E-state index < -0.39 is 59.4 Å². The minimum atomic E-state index is -4.84. The molecule has 4 rings (SSSR count). The van der Waals surface area contributed by atoms with Crippen molar-refractivity contribution < 1.29 is 39.0 Å². The molecule has 0 bridgehead atoms. The summed E-state index contributed by atoms with van der Waals surface area (Å²) in [5, 5.41) is 3.84. The average molecular weight is 543 g/mol. The Labute approximate surface area is 205 Å². The summed E-state index contributed by atoms with van der Waals surface area (Å²) in [5.74, 6) is -1.30. The Hall–Kier alpha value is -3.19. The average Bonchev–Trinajstić information content (AvgIpc) is 3.56. The Kier molecular flexibility index (Phi) is 6.28. The van der Waals surface area contributed by atoms with Gasteiger partial charge in [-0.1, -0.05) is 6.07 Å². The minimum Gasteiger partial charge on any atom is -0.358 e. The molecule has 0 unspecified atom stereocenters. The lowest BCUT2D eigenvalue weighted by molar-refractivity contribution is -0.137. The van der Waals surface area contributed by atoms with E-state index in [1.165, 1.54) is 19.2 Å². The SMILES string of the molecule is Cc1ccc(S(=O)(=O)Oc2c(C(=O)c3ccc(C(F)(F)F)cc3S(C)(=O)=O)cnn2C)cc1C1CC1. The van der Waals surface area contributed by atoms with E-state index in [0.29, 0.717) is 18.4 Å². The molecule has 192 valence electrons. The van der Waals surface area contributed by atoms with Crippen LogP contribution in [0.15, 0.2) is 52.4 Å². The molecule has 0 radical (unpaired) electrons. The predicted molar refractivity (Wildman–Crippen MR) is 122 cm³/mol. The Balaban J connectivity index is 1.75. The number of nitrogens with zero attached hydrogens (tertiary/aromatic N) is 2. The molecule has 0 amide bonds. The van der Waals surface area contributed by atoms with Crippen LogP contribution in [0.4, 0.5) is 13.2 Å². The van der Waals surface area contributed by atoms with Crippen LogP contribution in [0.3, 0.4) is 0 Å². The Morgan fingerprint density at radius 2 is 1.72 bits per heavy atom. The van der Waals surface area contributed by atoms with Crippen LogP contribution in [-0.2, 0) is 33.2 Å². The van der Waals surface area contributed by atoms with E-state index in [-0.39, 0.29) is 10.8 Å². The van der Waals surface area contributed by atoms with Crippen molar-refractivity contribution in [2.45, 2.75) is 41.7 Å². The summed E-state index contributed by atoms with van der Waals surface area (Å²) >= 11 is 0. The third-order valence-corrected chi connectivity index (χ3v) is 8.17. The highest BCUT2D eigenvalue weighted by Crippen LogP contribution is 2.42. The maximum Gasteiger partial charge on any atom is 0.416 e. The van der Waals surface area contributed by atoms with Crippen molar-refractivity contribution >= 4 is 25.7 Å². The number of aromatic nitrogens is 2. The molecule has 0 atom stereocenters. The number of benzene rings is 2. The van der Waals surface area contributed by atoms with Crippen LogP contribution in [0.1, 0.15) is 51.4 Å². The van der Waals surface area contributed by atoms with Crippen LogP contribution >= 0.6 is 0 Å². The monoisotopic (exact) mass is 542 g/mol. The number of hydrogen-bond acceptors (Lipinski definition) is 7. The van der Waals surface area contributed by atoms with Gasteiger partial charge in [0.1, 0.15) is 10.5 Å². The van der Waals surface area contributed by atoms with Crippen LogP contribution in [0.5, 0.6) is 5.88 Å². The summed E-state index contributed by atoms with van der Waals surface area (Å²) in [6.45, 7) is 1.87. The second-order valence-corrected chi connectivity index (χ2v) is 12.2. The smallest absolute Gasteiger partial charge is 0.358 e. The van der Waals surface area contributed by atoms with Gasteiger partial charge < -0.3 is 4.18 Å². The van der Waals surface area contributed by atoms with Gasteiger partial charge in [0.25, 0.3) is 0 Å². The van der Waals surface area contributed by atoms with E-state index in [1.54, 1.807) is 6.07 Å². The number of alkyl halides is 3. The molecule has 1 saturated carbocycles. The zero-order valence-corrected chi connectivity index (χ0v) is 21.0. The van der Waals surface area contributed by atoms with E-state index in [4.69, 9.17) is 4.18 Å². The number of carbonyl (C=O) groups is 1. The third-order valence-electron chi connectivity index (χ3n) is 5.83. The number of carbonyl (C=O) groups excluding carboxylic acids is 1. The maximum atomic E-state index is 13.3. The lowest BCUT2D eigenvalue weighted by atomic mass is 10.0. The molecule has 1 aromatic heterocycles. The van der Waals surface area contributed by atoms with Crippen molar-refractivity contribution in [3.63, 3.8) is 0 Å². The molecular weight excluding hydrogens is 521 g/mol. The quantitative estimate of drug-likeness (QED) is 0.327. The van der Waals surface area contributed by atoms with Crippen LogP contribution < -0.4 is 4.18 Å². The molecule has 2 aromatic carbocycles. The fourth-order valence-corrected chi connectivity index (χ4v) is 5.69. The number of hydrogen-bond donors (Lipinski definition) is 0. The molecule has 0 saturated heterocycles. The minimum absolute atomic E-state index is 0.138. The number of ketones is 1. The van der Waals surface area contributed by atoms with Crippen LogP contribution in [0.25, 0.3) is 0 Å². The van der Waals surface area contributed by atoms with E-state index in [9.17, 15) is 34.8 Å². The first-order valence-corrected chi connectivity index (χ1v) is 13.9. The molecule has 8 nitrogen and oxygen atoms in total. The lowest BCUT2D eigenvalue weighted by Gasteiger charge is -2.13. The van der Waals surface area contributed by atoms with Gasteiger partial charge in [-0.3, -0.25) is 4.79 Å². The van der Waals surface area contributed by atoms with Crippen molar-refractivity contribution in [1.82, 2.24) is 9.78 Å². The normalized spacial score (nSPS) is 14.6. The Morgan fingerprint density at radius 3 is 2.31 bits per heavy atom. The molecule has 1 aliphatic carbocycles. The summed E-state index contributed by atoms with van der Waals surface area (Å²) in [4.78, 5) is 12.3. The standard InChI is InChI=1S/C23H21F3N2O6S2/c1-13-4-8-16(11-18(13)14-5-6-14)36(32,33)34-22-19(12-27-28(22)2)21(29)17-9-7-15(23(24,25)26)10-20(17)35(3,30)31/h4,7-12,14H,5-6H2,1-3H3. The third kappa shape index (κ3) is 5.03. The molecule has 1 fully saturated rings. The summed E-state index contributed by atoms with van der Waals surface area (Å²) in [6.07, 6.45) is -1.32. The van der Waals surface area contributed by atoms with Gasteiger partial charge in [0.2, 0.25) is 11.7 Å². The van der Waals surface area contributed by atoms with Crippen LogP contribution in [0, 0.1) is 6.92 Å². The van der Waals surface area contributed by atoms with Crippen molar-refractivity contribution in [2.75, 3.05) is 6.26 Å². The molecule has 0 aliphatic heterocycles.